The molecular formula is C16H40N6. The van der Waals surface area contributed by atoms with Gasteiger partial charge in [0.05, 0.1) is 6.17 Å². The number of rotatable bonds is 18. The lowest BCUT2D eigenvalue weighted by molar-refractivity contribution is 0.535. The highest BCUT2D eigenvalue weighted by atomic mass is 14.9. The molecule has 0 heterocycles. The molecule has 134 valence electrons. The Morgan fingerprint density at radius 3 is 1.45 bits per heavy atom. The van der Waals surface area contributed by atoms with E-state index in [9.17, 15) is 0 Å². The number of nitrogens with two attached hydrogens (primary N) is 2. The third-order valence-corrected chi connectivity index (χ3v) is 3.45. The Bertz CT molecular complexity index is 201. The zero-order valence-electron chi connectivity index (χ0n) is 14.6. The number of unbranched alkanes of at least 4 members (excludes halogenated alkanes) is 1. The number of nitrogens with one attached hydrogen (secondary N) is 4. The van der Waals surface area contributed by atoms with Crippen LogP contribution in [0.25, 0.3) is 0 Å². The van der Waals surface area contributed by atoms with Gasteiger partial charge in [0.25, 0.3) is 0 Å². The Morgan fingerprint density at radius 2 is 1.00 bits per heavy atom. The fourth-order valence-electron chi connectivity index (χ4n) is 2.12. The largest absolute Gasteiger partial charge is 0.317 e. The first kappa shape index (κ1) is 21.8. The summed E-state index contributed by atoms with van der Waals surface area (Å²) in [6, 6.07) is 0. The van der Waals surface area contributed by atoms with Gasteiger partial charge in [-0.3, -0.25) is 0 Å². The molecule has 0 unspecified atom stereocenters. The van der Waals surface area contributed by atoms with E-state index in [0.29, 0.717) is 0 Å². The van der Waals surface area contributed by atoms with Crippen molar-refractivity contribution in [1.29, 1.82) is 0 Å². The van der Waals surface area contributed by atoms with Gasteiger partial charge in [-0.05, 0) is 90.9 Å². The first-order valence-corrected chi connectivity index (χ1v) is 9.11. The van der Waals surface area contributed by atoms with E-state index in [1.54, 1.807) is 0 Å². The van der Waals surface area contributed by atoms with Crippen LogP contribution in [0, 0.1) is 0 Å². The molecule has 0 atom stereocenters. The summed E-state index contributed by atoms with van der Waals surface area (Å²) in [5.41, 5.74) is 11.0. The van der Waals surface area contributed by atoms with Crippen molar-refractivity contribution in [3.63, 3.8) is 0 Å². The summed E-state index contributed by atoms with van der Waals surface area (Å²) in [6.45, 7) is 10.9. The van der Waals surface area contributed by atoms with Crippen LogP contribution in [0.15, 0.2) is 0 Å². The third-order valence-electron chi connectivity index (χ3n) is 3.45. The van der Waals surface area contributed by atoms with Gasteiger partial charge in [-0.1, -0.05) is 6.92 Å². The molecule has 0 aromatic carbocycles. The van der Waals surface area contributed by atoms with Gasteiger partial charge in [-0.25, -0.2) is 0 Å². The van der Waals surface area contributed by atoms with Crippen molar-refractivity contribution >= 4 is 0 Å². The van der Waals surface area contributed by atoms with Crippen LogP contribution < -0.4 is 32.7 Å². The van der Waals surface area contributed by atoms with Gasteiger partial charge < -0.3 is 32.7 Å². The second-order valence-corrected chi connectivity index (χ2v) is 5.87. The predicted octanol–water partition coefficient (Wildman–Crippen LogP) is -0.0512. The van der Waals surface area contributed by atoms with E-state index in [0.717, 1.165) is 65.2 Å². The maximum absolute atomic E-state index is 5.48. The highest BCUT2D eigenvalue weighted by Crippen LogP contribution is 1.86. The van der Waals surface area contributed by atoms with Crippen molar-refractivity contribution in [3.05, 3.63) is 0 Å². The minimum atomic E-state index is -0.188. The Kier molecular flexibility index (Phi) is 18.6. The first-order chi connectivity index (χ1) is 10.8. The standard InChI is InChI=1S/C16H40N6/c1-2-8-19-11-5-12-20-9-3-4-10-21-13-6-14-22-15-7-16(17)18/h16,19-22H,2-15,17-18H2,1H3. The first-order valence-electron chi connectivity index (χ1n) is 9.11. The molecule has 0 amide bonds. The smallest absolute Gasteiger partial charge is 0.0533 e. The van der Waals surface area contributed by atoms with Crippen molar-refractivity contribution in [2.45, 2.75) is 51.6 Å². The molecular weight excluding hydrogens is 276 g/mol. The molecule has 6 nitrogen and oxygen atoms in total. The van der Waals surface area contributed by atoms with E-state index >= 15 is 0 Å². The van der Waals surface area contributed by atoms with Gasteiger partial charge >= 0.3 is 0 Å². The fourth-order valence-corrected chi connectivity index (χ4v) is 2.12. The molecule has 0 bridgehead atoms. The molecule has 0 radical (unpaired) electrons. The molecule has 0 aliphatic carbocycles. The van der Waals surface area contributed by atoms with E-state index in [4.69, 9.17) is 11.5 Å². The molecule has 0 aliphatic rings. The van der Waals surface area contributed by atoms with Crippen molar-refractivity contribution < 1.29 is 0 Å². The normalized spacial score (nSPS) is 11.5. The molecule has 8 N–H and O–H groups in total. The summed E-state index contributed by atoms with van der Waals surface area (Å²) in [5, 5.41) is 13.7. The van der Waals surface area contributed by atoms with E-state index in [1.807, 2.05) is 0 Å². The van der Waals surface area contributed by atoms with Crippen LogP contribution in [0.2, 0.25) is 0 Å². The van der Waals surface area contributed by atoms with Crippen molar-refractivity contribution in [3.8, 4) is 0 Å². The Labute approximate surface area is 137 Å². The number of hydrogen-bond acceptors (Lipinski definition) is 6. The quantitative estimate of drug-likeness (QED) is 0.157. The second kappa shape index (κ2) is 18.8. The molecule has 22 heavy (non-hydrogen) atoms. The Morgan fingerprint density at radius 1 is 0.591 bits per heavy atom. The highest BCUT2D eigenvalue weighted by Gasteiger charge is 1.94. The van der Waals surface area contributed by atoms with Gasteiger partial charge in [0.1, 0.15) is 0 Å². The molecule has 0 saturated heterocycles. The zero-order chi connectivity index (χ0) is 16.3. The third kappa shape index (κ3) is 19.8. The van der Waals surface area contributed by atoms with Crippen molar-refractivity contribution in [2.75, 3.05) is 52.4 Å². The monoisotopic (exact) mass is 316 g/mol. The van der Waals surface area contributed by atoms with E-state index in [1.165, 1.54) is 25.7 Å². The lowest BCUT2D eigenvalue weighted by Crippen LogP contribution is -2.34. The van der Waals surface area contributed by atoms with Gasteiger partial charge in [0.2, 0.25) is 0 Å². The summed E-state index contributed by atoms with van der Waals surface area (Å²) in [6.07, 6.45) is 6.75. The molecule has 0 aliphatic heterocycles. The maximum Gasteiger partial charge on any atom is 0.0533 e. The summed E-state index contributed by atoms with van der Waals surface area (Å²) in [7, 11) is 0. The molecule has 0 rings (SSSR count). The lowest BCUT2D eigenvalue weighted by Gasteiger charge is -2.08. The van der Waals surface area contributed by atoms with E-state index < -0.39 is 0 Å². The molecule has 0 fully saturated rings. The molecule has 0 aromatic heterocycles. The fraction of sp³-hybridized carbons (Fsp3) is 1.00. The average molecular weight is 317 g/mol. The summed E-state index contributed by atoms with van der Waals surface area (Å²) in [5.74, 6) is 0. The zero-order valence-corrected chi connectivity index (χ0v) is 14.6. The second-order valence-electron chi connectivity index (χ2n) is 5.87. The SMILES string of the molecule is CCCNCCCNCCCCNCCCNCCC(N)N. The molecule has 0 aromatic rings. The van der Waals surface area contributed by atoms with E-state index in [2.05, 4.69) is 28.2 Å². The average Bonchev–Trinajstić information content (AvgIpc) is 2.50. The van der Waals surface area contributed by atoms with Crippen LogP contribution in [0.3, 0.4) is 0 Å². The summed E-state index contributed by atoms with van der Waals surface area (Å²) in [4.78, 5) is 0. The number of hydrogen-bond donors (Lipinski definition) is 6. The van der Waals surface area contributed by atoms with Crippen LogP contribution in [-0.2, 0) is 0 Å². The van der Waals surface area contributed by atoms with Crippen LogP contribution in [0.4, 0.5) is 0 Å². The molecule has 0 saturated carbocycles. The Hall–Kier alpha value is -0.240. The van der Waals surface area contributed by atoms with Crippen molar-refractivity contribution in [1.82, 2.24) is 21.3 Å². The highest BCUT2D eigenvalue weighted by molar-refractivity contribution is 4.57. The predicted molar refractivity (Wildman–Crippen MR) is 97.0 cm³/mol. The van der Waals surface area contributed by atoms with Crippen LogP contribution in [-0.4, -0.2) is 58.5 Å². The topological polar surface area (TPSA) is 100 Å². The van der Waals surface area contributed by atoms with Crippen LogP contribution in [0.1, 0.15) is 45.4 Å². The molecule has 6 heteroatoms. The minimum absolute atomic E-state index is 0.188. The van der Waals surface area contributed by atoms with Crippen molar-refractivity contribution in [2.24, 2.45) is 11.5 Å². The van der Waals surface area contributed by atoms with Gasteiger partial charge in [-0.2, -0.15) is 0 Å². The minimum Gasteiger partial charge on any atom is -0.317 e. The lowest BCUT2D eigenvalue weighted by atomic mass is 10.3. The van der Waals surface area contributed by atoms with Crippen LogP contribution in [0.5, 0.6) is 0 Å². The summed E-state index contributed by atoms with van der Waals surface area (Å²) < 4.78 is 0. The van der Waals surface area contributed by atoms with Gasteiger partial charge in [-0.15, -0.1) is 0 Å². The van der Waals surface area contributed by atoms with E-state index in [-0.39, 0.29) is 6.17 Å². The van der Waals surface area contributed by atoms with Crippen LogP contribution >= 0.6 is 0 Å². The maximum atomic E-state index is 5.48. The summed E-state index contributed by atoms with van der Waals surface area (Å²) >= 11 is 0. The van der Waals surface area contributed by atoms with Gasteiger partial charge in [0.15, 0.2) is 0 Å². The molecule has 0 spiro atoms. The Balaban J connectivity index is 2.94. The van der Waals surface area contributed by atoms with Gasteiger partial charge in [0, 0.05) is 0 Å².